The molecule has 0 aliphatic heterocycles. The number of primary amides is 2. The second kappa shape index (κ2) is 37.9. The number of carboxylic acid groups (broad SMARTS) is 7. The average Bonchev–Trinajstić information content (AvgIpc) is 2.93. The Morgan fingerprint density at radius 2 is 0.652 bits per heavy atom. The van der Waals surface area contributed by atoms with Crippen LogP contribution in [0.4, 0.5) is 0 Å². The van der Waals surface area contributed by atoms with Gasteiger partial charge in [0.1, 0.15) is 24.2 Å². The van der Waals surface area contributed by atoms with Gasteiger partial charge < -0.3 is 92.5 Å². The van der Waals surface area contributed by atoms with Crippen molar-refractivity contribution in [1.29, 1.82) is 0 Å². The molecule has 0 bridgehead atoms. The van der Waals surface area contributed by atoms with Crippen molar-refractivity contribution in [3.63, 3.8) is 0 Å². The fraction of sp³-hybridized carbons (Fsp3) is 0.550. The van der Waals surface area contributed by atoms with E-state index < -0.39 is 84.4 Å². The molecule has 26 heteroatoms. The molecule has 0 radical (unpaired) electrons. The molecule has 0 fully saturated rings. The molecule has 0 saturated carbocycles. The Hall–Kier alpha value is -5.09. The summed E-state index contributed by atoms with van der Waals surface area (Å²) in [6.45, 7) is 0.0810. The molecule has 0 heterocycles. The molecule has 4 atom stereocenters. The topological polar surface area (TPSA) is 550 Å². The van der Waals surface area contributed by atoms with E-state index in [0.717, 1.165) is 0 Å². The van der Waals surface area contributed by atoms with Crippen molar-refractivity contribution in [3.05, 3.63) is 0 Å². The van der Waals surface area contributed by atoms with Crippen LogP contribution >= 0.6 is 0 Å². The predicted molar refractivity (Wildman–Crippen MR) is 153 cm³/mol. The lowest BCUT2D eigenvalue weighted by Crippen LogP contribution is -2.34. The summed E-state index contributed by atoms with van der Waals surface area (Å²) in [6.07, 6.45) is -0.620. The number of nitrogens with two attached hydrogens (primary N) is 9. The smallest absolute Gasteiger partial charge is 0.322 e. The van der Waals surface area contributed by atoms with Crippen molar-refractivity contribution in [2.24, 2.45) is 51.6 Å². The Morgan fingerprint density at radius 1 is 0.478 bits per heavy atom. The molecule has 46 heavy (non-hydrogen) atoms. The van der Waals surface area contributed by atoms with Crippen LogP contribution in [0.5, 0.6) is 0 Å². The molecule has 0 aromatic carbocycles. The van der Waals surface area contributed by atoms with Crippen molar-refractivity contribution in [3.8, 4) is 0 Å². The van der Waals surface area contributed by atoms with E-state index >= 15 is 0 Å². The number of amides is 2. The number of aliphatic hydroxyl groups is 1. The van der Waals surface area contributed by atoms with Crippen molar-refractivity contribution >= 4 is 53.6 Å². The predicted octanol–water partition coefficient (Wildman–Crippen LogP) is -8.55. The van der Waals surface area contributed by atoms with Gasteiger partial charge in [0.15, 0.2) is 0 Å². The zero-order valence-electron chi connectivity index (χ0n) is 24.5. The van der Waals surface area contributed by atoms with Gasteiger partial charge in [-0.15, -0.1) is 0 Å². The standard InChI is InChI=1S/2C4H8N2O3.C3H7NO3.C3H7NO2.3C2H5NO2/c2*5-2(4(8)9)1-3(6)7;4-2(1-5)3(6)7;1-2(4)3(5)6;3*3-1-2(4)5/h2*2H,1,5H2,(H2,6,7)(H,8,9);2,5H,1,4H2,(H,6,7);2H,4H2,1H3,(H,5,6);3*1,3H2,(H,4,5)/t4*2-;;;/m0000.../s1. The van der Waals surface area contributed by atoms with Crippen LogP contribution in [0.25, 0.3) is 0 Å². The monoisotopic (exact) mass is 683 g/mol. The Bertz CT molecular complexity index is 855. The minimum Gasteiger partial charge on any atom is -0.480 e. The lowest BCUT2D eigenvalue weighted by atomic mass is 10.2. The van der Waals surface area contributed by atoms with Crippen LogP contribution in [-0.2, 0) is 43.2 Å². The normalized spacial score (nSPS) is 11.2. The molecular weight excluding hydrogens is 638 g/mol. The molecule has 2 amide bonds. The number of aliphatic hydroxyl groups excluding tert-OH is 1. The third-order valence-corrected chi connectivity index (χ3v) is 2.90. The van der Waals surface area contributed by atoms with Gasteiger partial charge in [-0.1, -0.05) is 0 Å². The zero-order chi connectivity index (χ0) is 38.7. The average molecular weight is 684 g/mol. The van der Waals surface area contributed by atoms with E-state index in [-0.39, 0.29) is 32.5 Å². The summed E-state index contributed by atoms with van der Waals surface area (Å²) in [6, 6.07) is -4.19. The van der Waals surface area contributed by atoms with E-state index in [0.29, 0.717) is 0 Å². The summed E-state index contributed by atoms with van der Waals surface area (Å²) in [5, 5.41) is 62.7. The Labute approximate surface area is 260 Å². The van der Waals surface area contributed by atoms with E-state index in [1.807, 2.05) is 0 Å². The van der Waals surface area contributed by atoms with Crippen molar-refractivity contribution in [2.75, 3.05) is 26.2 Å². The van der Waals surface area contributed by atoms with E-state index in [1.54, 1.807) is 0 Å². The molecule has 26 nitrogen and oxygen atoms in total. The summed E-state index contributed by atoms with van der Waals surface area (Å²) in [4.78, 5) is 86.7. The van der Waals surface area contributed by atoms with E-state index in [9.17, 15) is 43.2 Å². The van der Waals surface area contributed by atoms with Crippen LogP contribution in [0.15, 0.2) is 0 Å². The number of carbonyl (C=O) groups is 9. The molecular formula is C20H45N9O17. The van der Waals surface area contributed by atoms with E-state index in [1.165, 1.54) is 6.92 Å². The first kappa shape index (κ1) is 56.7. The van der Waals surface area contributed by atoms with Gasteiger partial charge in [-0.2, -0.15) is 0 Å². The maximum absolute atomic E-state index is 9.99. The highest BCUT2D eigenvalue weighted by atomic mass is 16.4. The van der Waals surface area contributed by atoms with Gasteiger partial charge >= 0.3 is 41.8 Å². The number of carboxylic acids is 7. The number of carbonyl (C=O) groups excluding carboxylic acids is 2. The van der Waals surface area contributed by atoms with Crippen molar-refractivity contribution in [1.82, 2.24) is 0 Å². The summed E-state index contributed by atoms with van der Waals surface area (Å²) in [5.41, 5.74) is 42.4. The number of hydrogen-bond acceptors (Lipinski definition) is 17. The molecule has 26 N–H and O–H groups in total. The summed E-state index contributed by atoms with van der Waals surface area (Å²) in [7, 11) is 0. The molecule has 0 rings (SSSR count). The highest BCUT2D eigenvalue weighted by Crippen LogP contribution is 1.85. The Morgan fingerprint density at radius 3 is 0.674 bits per heavy atom. The van der Waals surface area contributed by atoms with Gasteiger partial charge in [0.25, 0.3) is 0 Å². The second-order valence-electron chi connectivity index (χ2n) is 7.28. The third kappa shape index (κ3) is 77.2. The summed E-state index contributed by atoms with van der Waals surface area (Å²) >= 11 is 0. The van der Waals surface area contributed by atoms with Gasteiger partial charge in [-0.25, -0.2) is 0 Å². The van der Waals surface area contributed by atoms with Crippen molar-refractivity contribution in [2.45, 2.75) is 43.9 Å². The SMILES string of the molecule is C[C@H](N)C(=O)O.NC(=O)C[C@H](N)C(=O)O.NC(=O)C[C@H](N)C(=O)O.NCC(=O)O.NCC(=O)O.NCC(=O)O.N[C@@H](CO)C(=O)O. The maximum Gasteiger partial charge on any atom is 0.322 e. The van der Waals surface area contributed by atoms with Crippen LogP contribution in [0.2, 0.25) is 0 Å². The molecule has 0 saturated heterocycles. The molecule has 0 aromatic heterocycles. The quantitative estimate of drug-likeness (QED) is 0.0907. The van der Waals surface area contributed by atoms with E-state index in [2.05, 4.69) is 28.7 Å². The van der Waals surface area contributed by atoms with Gasteiger partial charge in [0, 0.05) is 0 Å². The third-order valence-electron chi connectivity index (χ3n) is 2.90. The molecule has 0 aromatic rings. The molecule has 0 spiro atoms. The fourth-order valence-corrected chi connectivity index (χ4v) is 0.686. The van der Waals surface area contributed by atoms with Crippen LogP contribution in [-0.4, -0.2) is 145 Å². The Kier molecular flexibility index (Phi) is 46.7. The summed E-state index contributed by atoms with van der Waals surface area (Å²) < 4.78 is 0. The van der Waals surface area contributed by atoms with Gasteiger partial charge in [-0.3, -0.25) is 43.2 Å². The largest absolute Gasteiger partial charge is 0.480 e. The molecule has 0 aliphatic carbocycles. The maximum atomic E-state index is 9.99. The first-order chi connectivity index (χ1) is 20.7. The highest BCUT2D eigenvalue weighted by molar-refractivity contribution is 5.83. The van der Waals surface area contributed by atoms with Gasteiger partial charge in [-0.05, 0) is 6.92 Å². The second-order valence-corrected chi connectivity index (χ2v) is 7.28. The number of rotatable bonds is 12. The van der Waals surface area contributed by atoms with Gasteiger partial charge in [0.05, 0.1) is 39.1 Å². The Balaban J connectivity index is -0.0000000783. The van der Waals surface area contributed by atoms with Crippen LogP contribution in [0.3, 0.4) is 0 Å². The van der Waals surface area contributed by atoms with Crippen LogP contribution in [0, 0.1) is 0 Å². The minimum atomic E-state index is -1.21. The number of hydrogen-bond donors (Lipinski definition) is 17. The van der Waals surface area contributed by atoms with Crippen molar-refractivity contribution < 1.29 is 84.0 Å². The first-order valence-corrected chi connectivity index (χ1v) is 11.6. The lowest BCUT2D eigenvalue weighted by Gasteiger charge is -1.99. The van der Waals surface area contributed by atoms with Gasteiger partial charge in [0.2, 0.25) is 11.8 Å². The van der Waals surface area contributed by atoms with E-state index in [4.69, 9.17) is 63.8 Å². The molecule has 272 valence electrons. The first-order valence-electron chi connectivity index (χ1n) is 11.6. The fourth-order valence-electron chi connectivity index (χ4n) is 0.686. The number of aliphatic carboxylic acids is 7. The van der Waals surface area contributed by atoms with Crippen LogP contribution < -0.4 is 51.6 Å². The zero-order valence-corrected chi connectivity index (χ0v) is 24.5. The molecule has 0 aliphatic rings. The van der Waals surface area contributed by atoms with Crippen LogP contribution in [0.1, 0.15) is 19.8 Å². The minimum absolute atomic E-state index is 0.278. The highest BCUT2D eigenvalue weighted by Gasteiger charge is 2.14. The molecule has 0 unspecified atom stereocenters. The lowest BCUT2D eigenvalue weighted by molar-refractivity contribution is -0.140. The summed E-state index contributed by atoms with van der Waals surface area (Å²) in [5.74, 6) is -8.88.